The van der Waals surface area contributed by atoms with Crippen LogP contribution in [-0.4, -0.2) is 36.0 Å². The minimum Gasteiger partial charge on any atom is -0.487 e. The fourth-order valence-electron chi connectivity index (χ4n) is 3.40. The second-order valence-electron chi connectivity index (χ2n) is 7.76. The fourth-order valence-corrected chi connectivity index (χ4v) is 4.73. The molecule has 1 amide bonds. The van der Waals surface area contributed by atoms with Crippen molar-refractivity contribution in [3.05, 3.63) is 95.9 Å². The molecule has 0 aliphatic rings. The Kier molecular flexibility index (Phi) is 6.74. The van der Waals surface area contributed by atoms with Crippen LogP contribution >= 0.6 is 0 Å². The molecule has 2 aromatic heterocycles. The maximum atomic E-state index is 12.3. The minimum absolute atomic E-state index is 0.0211. The molecular weight excluding hydrogens is 438 g/mol. The van der Waals surface area contributed by atoms with Crippen LogP contribution in [0, 0.1) is 6.92 Å². The average Bonchev–Trinajstić information content (AvgIpc) is 3.23. The van der Waals surface area contributed by atoms with Crippen molar-refractivity contribution in [1.29, 1.82) is 0 Å². The zero-order valence-electron chi connectivity index (χ0n) is 18.3. The van der Waals surface area contributed by atoms with Gasteiger partial charge in [0.05, 0.1) is 16.3 Å². The Hall–Kier alpha value is -3.65. The lowest BCUT2D eigenvalue weighted by molar-refractivity contribution is 0.0953. The Morgan fingerprint density at radius 2 is 1.76 bits per heavy atom. The number of hydrogen-bond donors (Lipinski definition) is 1. The number of aryl methyl sites for hydroxylation is 1. The van der Waals surface area contributed by atoms with Crippen molar-refractivity contribution in [1.82, 2.24) is 14.7 Å². The van der Waals surface area contributed by atoms with Gasteiger partial charge in [0.15, 0.2) is 9.84 Å². The number of rotatable bonds is 9. The predicted molar refractivity (Wildman–Crippen MR) is 126 cm³/mol. The SMILES string of the molecule is Cc1ccc2nc(COc3ccc(C(=O)NCCCS(=O)(=O)c4ccccc4)cc3)cn2c1. The van der Waals surface area contributed by atoms with E-state index in [-0.39, 0.29) is 18.2 Å². The van der Waals surface area contributed by atoms with Gasteiger partial charge >= 0.3 is 0 Å². The molecule has 1 N–H and O–H groups in total. The predicted octanol–water partition coefficient (Wildman–Crippen LogP) is 3.82. The number of amides is 1. The Morgan fingerprint density at radius 1 is 1.00 bits per heavy atom. The molecule has 33 heavy (non-hydrogen) atoms. The molecule has 8 heteroatoms. The number of carbonyl (C=O) groups excluding carboxylic acids is 1. The van der Waals surface area contributed by atoms with Gasteiger partial charge in [0.25, 0.3) is 5.91 Å². The second-order valence-corrected chi connectivity index (χ2v) is 9.87. The zero-order valence-corrected chi connectivity index (χ0v) is 19.1. The molecule has 0 spiro atoms. The summed E-state index contributed by atoms with van der Waals surface area (Å²) in [5.41, 5.74) is 3.31. The molecule has 170 valence electrons. The van der Waals surface area contributed by atoms with E-state index in [1.807, 2.05) is 35.9 Å². The standard InChI is InChI=1S/C25H25N3O4S/c1-19-8-13-24-27-21(17-28(24)16-19)18-32-22-11-9-20(10-12-22)25(29)26-14-5-15-33(30,31)23-6-3-2-4-7-23/h2-4,6-13,16-17H,5,14-15,18H2,1H3,(H,26,29). The number of pyridine rings is 1. The first-order valence-corrected chi connectivity index (χ1v) is 12.3. The molecular formula is C25H25N3O4S. The monoisotopic (exact) mass is 463 g/mol. The van der Waals surface area contributed by atoms with Gasteiger partial charge in [-0.05, 0) is 61.4 Å². The van der Waals surface area contributed by atoms with E-state index in [9.17, 15) is 13.2 Å². The minimum atomic E-state index is -3.34. The molecule has 0 fully saturated rings. The summed E-state index contributed by atoms with van der Waals surface area (Å²) in [6.07, 6.45) is 4.28. The van der Waals surface area contributed by atoms with Crippen LogP contribution in [0.25, 0.3) is 5.65 Å². The van der Waals surface area contributed by atoms with Gasteiger partial charge in [-0.25, -0.2) is 13.4 Å². The fraction of sp³-hybridized carbons (Fsp3) is 0.200. The molecule has 0 bridgehead atoms. The van der Waals surface area contributed by atoms with E-state index in [0.29, 0.717) is 29.2 Å². The number of nitrogens with one attached hydrogen (secondary N) is 1. The Labute approximate surface area is 193 Å². The van der Waals surface area contributed by atoms with E-state index in [1.165, 1.54) is 0 Å². The Bertz CT molecular complexity index is 1350. The number of imidazole rings is 1. The molecule has 0 aliphatic heterocycles. The summed E-state index contributed by atoms with van der Waals surface area (Å²) < 4.78 is 32.3. The van der Waals surface area contributed by atoms with Crippen LogP contribution in [0.2, 0.25) is 0 Å². The number of sulfone groups is 1. The molecule has 2 aromatic carbocycles. The number of benzene rings is 2. The summed E-state index contributed by atoms with van der Waals surface area (Å²) in [7, 11) is -3.34. The van der Waals surface area contributed by atoms with Gasteiger partial charge in [-0.3, -0.25) is 4.79 Å². The van der Waals surface area contributed by atoms with Gasteiger partial charge in [-0.2, -0.15) is 0 Å². The molecule has 0 radical (unpaired) electrons. The lowest BCUT2D eigenvalue weighted by atomic mass is 10.2. The molecule has 7 nitrogen and oxygen atoms in total. The molecule has 0 saturated heterocycles. The van der Waals surface area contributed by atoms with Crippen molar-refractivity contribution in [2.75, 3.05) is 12.3 Å². The van der Waals surface area contributed by atoms with Gasteiger partial charge in [0.1, 0.15) is 18.0 Å². The van der Waals surface area contributed by atoms with Crippen LogP contribution in [0.15, 0.2) is 84.0 Å². The number of hydrogen-bond acceptors (Lipinski definition) is 5. The Balaban J connectivity index is 1.24. The highest BCUT2D eigenvalue weighted by molar-refractivity contribution is 7.91. The number of nitrogens with zero attached hydrogens (tertiary/aromatic N) is 2. The molecule has 4 rings (SSSR count). The summed E-state index contributed by atoms with van der Waals surface area (Å²) in [4.78, 5) is 17.2. The summed E-state index contributed by atoms with van der Waals surface area (Å²) in [5, 5.41) is 2.76. The molecule has 2 heterocycles. The van der Waals surface area contributed by atoms with E-state index < -0.39 is 9.84 Å². The largest absolute Gasteiger partial charge is 0.487 e. The van der Waals surface area contributed by atoms with Gasteiger partial charge in [0, 0.05) is 24.5 Å². The van der Waals surface area contributed by atoms with E-state index in [1.54, 1.807) is 54.6 Å². The Morgan fingerprint density at radius 3 is 2.52 bits per heavy atom. The van der Waals surface area contributed by atoms with Gasteiger partial charge in [0.2, 0.25) is 0 Å². The van der Waals surface area contributed by atoms with Crippen LogP contribution in [0.5, 0.6) is 5.75 Å². The summed E-state index contributed by atoms with van der Waals surface area (Å²) in [6.45, 7) is 2.62. The van der Waals surface area contributed by atoms with E-state index in [4.69, 9.17) is 4.74 Å². The van der Waals surface area contributed by atoms with Gasteiger partial charge in [-0.15, -0.1) is 0 Å². The maximum Gasteiger partial charge on any atom is 0.251 e. The first kappa shape index (κ1) is 22.5. The molecule has 0 atom stereocenters. The number of fused-ring (bicyclic) bond motifs is 1. The van der Waals surface area contributed by atoms with E-state index in [2.05, 4.69) is 10.3 Å². The number of ether oxygens (including phenoxy) is 1. The molecule has 0 aliphatic carbocycles. The van der Waals surface area contributed by atoms with Crippen molar-refractivity contribution in [2.45, 2.75) is 24.8 Å². The van der Waals surface area contributed by atoms with Crippen LogP contribution in [0.4, 0.5) is 0 Å². The maximum absolute atomic E-state index is 12.3. The first-order chi connectivity index (χ1) is 15.9. The highest BCUT2D eigenvalue weighted by Gasteiger charge is 2.14. The second kappa shape index (κ2) is 9.87. The van der Waals surface area contributed by atoms with Crippen LogP contribution in [0.3, 0.4) is 0 Å². The summed E-state index contributed by atoms with van der Waals surface area (Å²) in [5.74, 6) is 0.357. The summed E-state index contributed by atoms with van der Waals surface area (Å²) >= 11 is 0. The summed E-state index contributed by atoms with van der Waals surface area (Å²) in [6, 6.07) is 19.1. The van der Waals surface area contributed by atoms with Gasteiger partial charge < -0.3 is 14.5 Å². The van der Waals surface area contributed by atoms with Crippen LogP contribution in [0.1, 0.15) is 28.0 Å². The van der Waals surface area contributed by atoms with E-state index in [0.717, 1.165) is 16.9 Å². The molecule has 0 saturated carbocycles. The zero-order chi connectivity index (χ0) is 23.3. The van der Waals surface area contributed by atoms with Crippen molar-refractivity contribution >= 4 is 21.4 Å². The van der Waals surface area contributed by atoms with Crippen molar-refractivity contribution in [2.24, 2.45) is 0 Å². The smallest absolute Gasteiger partial charge is 0.251 e. The first-order valence-electron chi connectivity index (χ1n) is 10.6. The highest BCUT2D eigenvalue weighted by Crippen LogP contribution is 2.15. The number of carbonyl (C=O) groups is 1. The van der Waals surface area contributed by atoms with E-state index >= 15 is 0 Å². The van der Waals surface area contributed by atoms with Crippen LogP contribution in [-0.2, 0) is 16.4 Å². The highest BCUT2D eigenvalue weighted by atomic mass is 32.2. The third-order valence-corrected chi connectivity index (χ3v) is 6.95. The quantitative estimate of drug-likeness (QED) is 0.381. The van der Waals surface area contributed by atoms with Crippen molar-refractivity contribution in [3.8, 4) is 5.75 Å². The topological polar surface area (TPSA) is 89.8 Å². The third-order valence-electron chi connectivity index (χ3n) is 5.13. The number of aromatic nitrogens is 2. The van der Waals surface area contributed by atoms with Crippen molar-refractivity contribution < 1.29 is 17.9 Å². The molecule has 0 unspecified atom stereocenters. The van der Waals surface area contributed by atoms with Gasteiger partial charge in [-0.1, -0.05) is 24.3 Å². The average molecular weight is 464 g/mol. The third kappa shape index (κ3) is 5.78. The normalized spacial score (nSPS) is 11.4. The van der Waals surface area contributed by atoms with Crippen LogP contribution < -0.4 is 10.1 Å². The lowest BCUT2D eigenvalue weighted by Crippen LogP contribution is -2.26. The lowest BCUT2D eigenvalue weighted by Gasteiger charge is -2.08. The van der Waals surface area contributed by atoms with Crippen molar-refractivity contribution in [3.63, 3.8) is 0 Å². The molecule has 4 aromatic rings.